The van der Waals surface area contributed by atoms with Gasteiger partial charge in [0.25, 0.3) is 5.91 Å². The van der Waals surface area contributed by atoms with Crippen LogP contribution in [0.4, 0.5) is 5.69 Å². The summed E-state index contributed by atoms with van der Waals surface area (Å²) in [4.78, 5) is 12.0. The number of rotatable bonds is 5. The Kier molecular flexibility index (Phi) is 4.47. The van der Waals surface area contributed by atoms with Gasteiger partial charge in [-0.15, -0.1) is 0 Å². The average Bonchev–Trinajstić information content (AvgIpc) is 2.75. The number of hydrogen-bond acceptors (Lipinski definition) is 4. The van der Waals surface area contributed by atoms with Crippen LogP contribution in [0, 0.1) is 13.8 Å². The maximum Gasteiger partial charge on any atom is 0.253 e. The highest BCUT2D eigenvalue weighted by Crippen LogP contribution is 2.18. The number of phenols is 1. The van der Waals surface area contributed by atoms with Crippen LogP contribution in [0.2, 0.25) is 0 Å². The topological polar surface area (TPSA) is 93.2 Å². The van der Waals surface area contributed by atoms with Gasteiger partial charge in [0.1, 0.15) is 5.75 Å². The largest absolute Gasteiger partial charge is 0.508 e. The molecule has 0 aliphatic carbocycles. The van der Waals surface area contributed by atoms with E-state index in [1.807, 2.05) is 24.6 Å². The van der Waals surface area contributed by atoms with Gasteiger partial charge in [-0.3, -0.25) is 9.48 Å². The summed E-state index contributed by atoms with van der Waals surface area (Å²) in [5.41, 5.74) is 8.46. The van der Waals surface area contributed by atoms with E-state index >= 15 is 0 Å². The summed E-state index contributed by atoms with van der Waals surface area (Å²) in [7, 11) is 0. The Morgan fingerprint density at radius 2 is 2.14 bits per heavy atom. The van der Waals surface area contributed by atoms with Crippen molar-refractivity contribution in [1.29, 1.82) is 0 Å². The first-order chi connectivity index (χ1) is 9.97. The van der Waals surface area contributed by atoms with Crippen molar-refractivity contribution in [2.24, 2.45) is 0 Å². The first-order valence-corrected chi connectivity index (χ1v) is 6.85. The zero-order valence-electron chi connectivity index (χ0n) is 12.3. The lowest BCUT2D eigenvalue weighted by atomic mass is 10.1. The van der Waals surface area contributed by atoms with Gasteiger partial charge in [0.2, 0.25) is 0 Å². The Morgan fingerprint density at radius 1 is 1.38 bits per heavy atom. The standard InChI is InChI=1S/C15H20N4O2/c1-10-8-11(2)19(18-10)7-3-6-17-15(21)13-9-12(20)4-5-14(13)16/h4-5,8-9,20H,3,6-7,16H2,1-2H3,(H,17,21). The molecule has 2 rings (SSSR count). The third kappa shape index (κ3) is 3.75. The number of phenolic OH excluding ortho intramolecular Hbond substituents is 1. The number of nitrogens with one attached hydrogen (secondary N) is 1. The summed E-state index contributed by atoms with van der Waals surface area (Å²) < 4.78 is 1.92. The molecule has 1 heterocycles. The first kappa shape index (κ1) is 14.9. The summed E-state index contributed by atoms with van der Waals surface area (Å²) in [6.07, 6.45) is 0.770. The zero-order valence-corrected chi connectivity index (χ0v) is 12.3. The van der Waals surface area contributed by atoms with Crippen LogP contribution in [0.15, 0.2) is 24.3 Å². The maximum atomic E-state index is 12.0. The van der Waals surface area contributed by atoms with Crippen LogP contribution in [-0.2, 0) is 6.54 Å². The number of anilines is 1. The minimum atomic E-state index is -0.281. The fourth-order valence-corrected chi connectivity index (χ4v) is 2.17. The number of nitrogens with two attached hydrogens (primary N) is 1. The Bertz CT molecular complexity index is 649. The van der Waals surface area contributed by atoms with Gasteiger partial charge in [-0.2, -0.15) is 5.10 Å². The lowest BCUT2D eigenvalue weighted by molar-refractivity contribution is 0.0953. The molecule has 1 aromatic carbocycles. The minimum absolute atomic E-state index is 0.0250. The molecule has 1 amide bonds. The summed E-state index contributed by atoms with van der Waals surface area (Å²) >= 11 is 0. The molecule has 0 saturated carbocycles. The molecule has 0 aliphatic rings. The molecule has 21 heavy (non-hydrogen) atoms. The molecule has 0 aliphatic heterocycles. The molecule has 0 unspecified atom stereocenters. The van der Waals surface area contributed by atoms with Crippen molar-refractivity contribution in [3.05, 3.63) is 41.2 Å². The van der Waals surface area contributed by atoms with Crippen molar-refractivity contribution in [2.45, 2.75) is 26.8 Å². The van der Waals surface area contributed by atoms with Crippen molar-refractivity contribution in [3.63, 3.8) is 0 Å². The number of benzene rings is 1. The van der Waals surface area contributed by atoms with E-state index < -0.39 is 0 Å². The summed E-state index contributed by atoms with van der Waals surface area (Å²) in [5, 5.41) is 16.5. The second kappa shape index (κ2) is 6.30. The Morgan fingerprint density at radius 3 is 2.81 bits per heavy atom. The Labute approximate surface area is 123 Å². The average molecular weight is 288 g/mol. The van der Waals surface area contributed by atoms with E-state index in [4.69, 9.17) is 5.73 Å². The number of nitrogen functional groups attached to an aromatic ring is 1. The molecular formula is C15H20N4O2. The molecule has 1 aromatic heterocycles. The number of carbonyl (C=O) groups excluding carboxylic acids is 1. The highest BCUT2D eigenvalue weighted by Gasteiger charge is 2.10. The van der Waals surface area contributed by atoms with Gasteiger partial charge >= 0.3 is 0 Å². The number of nitrogens with zero attached hydrogens (tertiary/aromatic N) is 2. The highest BCUT2D eigenvalue weighted by atomic mass is 16.3. The van der Waals surface area contributed by atoms with Crippen molar-refractivity contribution in [1.82, 2.24) is 15.1 Å². The molecule has 4 N–H and O–H groups in total. The van der Waals surface area contributed by atoms with Gasteiger partial charge in [-0.05, 0) is 44.5 Å². The van der Waals surface area contributed by atoms with Crippen LogP contribution in [0.5, 0.6) is 5.75 Å². The molecule has 0 fully saturated rings. The van der Waals surface area contributed by atoms with E-state index in [-0.39, 0.29) is 11.7 Å². The van der Waals surface area contributed by atoms with Crippen molar-refractivity contribution in [3.8, 4) is 5.75 Å². The van der Waals surface area contributed by atoms with E-state index in [2.05, 4.69) is 10.4 Å². The van der Waals surface area contributed by atoms with Gasteiger partial charge in [-0.1, -0.05) is 0 Å². The molecule has 6 heteroatoms. The molecular weight excluding hydrogens is 268 g/mol. The second-order valence-electron chi connectivity index (χ2n) is 5.03. The van der Waals surface area contributed by atoms with Crippen LogP contribution in [0.1, 0.15) is 28.2 Å². The normalized spacial score (nSPS) is 10.6. The predicted molar refractivity (Wildman–Crippen MR) is 81.2 cm³/mol. The van der Waals surface area contributed by atoms with Crippen molar-refractivity contribution in [2.75, 3.05) is 12.3 Å². The third-order valence-electron chi connectivity index (χ3n) is 3.22. The number of aromatic hydroxyl groups is 1. The molecule has 2 aromatic rings. The van der Waals surface area contributed by atoms with Crippen LogP contribution in [0.25, 0.3) is 0 Å². The van der Waals surface area contributed by atoms with Gasteiger partial charge in [0.05, 0.1) is 11.3 Å². The van der Waals surface area contributed by atoms with E-state index in [9.17, 15) is 9.90 Å². The van der Waals surface area contributed by atoms with Crippen LogP contribution in [0.3, 0.4) is 0 Å². The lowest BCUT2D eigenvalue weighted by Crippen LogP contribution is -2.26. The molecule has 0 radical (unpaired) electrons. The SMILES string of the molecule is Cc1cc(C)n(CCCNC(=O)c2cc(O)ccc2N)n1. The van der Waals surface area contributed by atoms with Crippen LogP contribution >= 0.6 is 0 Å². The molecule has 6 nitrogen and oxygen atoms in total. The number of hydrogen-bond donors (Lipinski definition) is 3. The molecule has 0 atom stereocenters. The van der Waals surface area contributed by atoms with Crippen molar-refractivity contribution >= 4 is 11.6 Å². The Balaban J connectivity index is 1.84. The lowest BCUT2D eigenvalue weighted by Gasteiger charge is -2.08. The molecule has 0 bridgehead atoms. The number of carbonyl (C=O) groups is 1. The minimum Gasteiger partial charge on any atom is -0.508 e. The number of aryl methyl sites for hydroxylation is 3. The van der Waals surface area contributed by atoms with Crippen LogP contribution < -0.4 is 11.1 Å². The second-order valence-corrected chi connectivity index (χ2v) is 5.03. The smallest absolute Gasteiger partial charge is 0.253 e. The summed E-state index contributed by atoms with van der Waals surface area (Å²) in [6, 6.07) is 6.35. The predicted octanol–water partition coefficient (Wildman–Crippen LogP) is 1.61. The fraction of sp³-hybridized carbons (Fsp3) is 0.333. The van der Waals surface area contributed by atoms with E-state index in [1.165, 1.54) is 18.2 Å². The summed E-state index contributed by atoms with van der Waals surface area (Å²) in [6.45, 7) is 5.23. The fourth-order valence-electron chi connectivity index (χ4n) is 2.17. The monoisotopic (exact) mass is 288 g/mol. The molecule has 112 valence electrons. The van der Waals surface area contributed by atoms with Gasteiger partial charge in [0, 0.05) is 24.5 Å². The number of amides is 1. The van der Waals surface area contributed by atoms with E-state index in [0.717, 1.165) is 24.4 Å². The van der Waals surface area contributed by atoms with E-state index in [0.29, 0.717) is 17.8 Å². The quantitative estimate of drug-likeness (QED) is 0.442. The zero-order chi connectivity index (χ0) is 15.4. The van der Waals surface area contributed by atoms with Crippen LogP contribution in [-0.4, -0.2) is 27.3 Å². The Hall–Kier alpha value is -2.50. The number of aromatic nitrogens is 2. The first-order valence-electron chi connectivity index (χ1n) is 6.85. The van der Waals surface area contributed by atoms with Gasteiger partial charge < -0.3 is 16.2 Å². The van der Waals surface area contributed by atoms with Gasteiger partial charge in [0.15, 0.2) is 0 Å². The van der Waals surface area contributed by atoms with Gasteiger partial charge in [-0.25, -0.2) is 0 Å². The highest BCUT2D eigenvalue weighted by molar-refractivity contribution is 5.99. The van der Waals surface area contributed by atoms with Crippen molar-refractivity contribution < 1.29 is 9.90 Å². The maximum absolute atomic E-state index is 12.0. The summed E-state index contributed by atoms with van der Waals surface area (Å²) in [5.74, 6) is -0.256. The molecule has 0 spiro atoms. The third-order valence-corrected chi connectivity index (χ3v) is 3.22. The molecule has 0 saturated heterocycles. The van der Waals surface area contributed by atoms with E-state index in [1.54, 1.807) is 0 Å².